The Kier molecular flexibility index (Phi) is 4.19. The van der Waals surface area contributed by atoms with Crippen molar-refractivity contribution < 1.29 is 14.6 Å². The highest BCUT2D eigenvalue weighted by atomic mass is 16.5. The fourth-order valence-corrected chi connectivity index (χ4v) is 2.55. The van der Waals surface area contributed by atoms with Gasteiger partial charge in [0.25, 0.3) is 0 Å². The number of aliphatic carboxylic acids is 1. The molecule has 0 aromatic carbocycles. The summed E-state index contributed by atoms with van der Waals surface area (Å²) < 4.78 is 7.15. The van der Waals surface area contributed by atoms with E-state index in [9.17, 15) is 9.90 Å². The minimum atomic E-state index is -0.822. The predicted molar refractivity (Wildman–Crippen MR) is 69.1 cm³/mol. The first-order valence-electron chi connectivity index (χ1n) is 6.72. The second-order valence-electron chi connectivity index (χ2n) is 5.52. The Bertz CT molecular complexity index is 450. The smallest absolute Gasteiger partial charge is 0.326 e. The van der Waals surface area contributed by atoms with Crippen molar-refractivity contribution in [2.75, 3.05) is 13.2 Å². The first-order chi connectivity index (χ1) is 9.00. The van der Waals surface area contributed by atoms with Crippen LogP contribution in [-0.2, 0) is 9.53 Å². The molecule has 0 bridgehead atoms. The van der Waals surface area contributed by atoms with E-state index in [0.717, 1.165) is 12.2 Å². The van der Waals surface area contributed by atoms with Crippen LogP contribution in [-0.4, -0.2) is 39.1 Å². The van der Waals surface area contributed by atoms with Crippen LogP contribution >= 0.6 is 0 Å². The van der Waals surface area contributed by atoms with Crippen LogP contribution in [0.15, 0.2) is 0 Å². The second-order valence-corrected chi connectivity index (χ2v) is 5.52. The maximum atomic E-state index is 11.5. The lowest BCUT2D eigenvalue weighted by molar-refractivity contribution is -0.141. The fraction of sp³-hybridized carbons (Fsp3) is 0.769. The number of aryl methyl sites for hydroxylation is 1. The van der Waals surface area contributed by atoms with Gasteiger partial charge in [-0.2, -0.15) is 0 Å². The minimum absolute atomic E-state index is 0.162. The van der Waals surface area contributed by atoms with Crippen LogP contribution in [0.3, 0.4) is 0 Å². The van der Waals surface area contributed by atoms with Crippen molar-refractivity contribution in [2.24, 2.45) is 5.92 Å². The molecule has 6 nitrogen and oxygen atoms in total. The first-order valence-corrected chi connectivity index (χ1v) is 6.72. The molecule has 2 heterocycles. The van der Waals surface area contributed by atoms with E-state index in [0.29, 0.717) is 31.4 Å². The van der Waals surface area contributed by atoms with Gasteiger partial charge in [-0.3, -0.25) is 0 Å². The van der Waals surface area contributed by atoms with Crippen LogP contribution in [0.2, 0.25) is 0 Å². The van der Waals surface area contributed by atoms with Gasteiger partial charge in [-0.05, 0) is 25.7 Å². The van der Waals surface area contributed by atoms with E-state index in [2.05, 4.69) is 10.2 Å². The van der Waals surface area contributed by atoms with Crippen LogP contribution in [0, 0.1) is 12.8 Å². The predicted octanol–water partition coefficient (Wildman–Crippen LogP) is 1.76. The van der Waals surface area contributed by atoms with Crippen molar-refractivity contribution in [3.63, 3.8) is 0 Å². The molecular formula is C13H21N3O3. The Balaban J connectivity index is 2.34. The van der Waals surface area contributed by atoms with E-state index >= 15 is 0 Å². The zero-order chi connectivity index (χ0) is 14.0. The molecule has 19 heavy (non-hydrogen) atoms. The largest absolute Gasteiger partial charge is 0.480 e. The summed E-state index contributed by atoms with van der Waals surface area (Å²) in [6.45, 7) is 7.16. The van der Waals surface area contributed by atoms with Gasteiger partial charge < -0.3 is 14.4 Å². The minimum Gasteiger partial charge on any atom is -0.480 e. The molecule has 1 aromatic rings. The summed E-state index contributed by atoms with van der Waals surface area (Å²) in [5, 5.41) is 17.7. The highest BCUT2D eigenvalue weighted by Crippen LogP contribution is 2.29. The molecule has 2 atom stereocenters. The zero-order valence-corrected chi connectivity index (χ0v) is 11.7. The molecule has 6 heteroatoms. The van der Waals surface area contributed by atoms with Gasteiger partial charge in [0.2, 0.25) is 0 Å². The Morgan fingerprint density at radius 3 is 2.79 bits per heavy atom. The molecule has 0 aliphatic carbocycles. The standard InChI is InChI=1S/C13H21N3O3/c1-8(2)6-11(13(17)18)16-9(3)14-15-12(16)10-4-5-19-7-10/h8,10-11H,4-7H2,1-3H3,(H,17,18). The highest BCUT2D eigenvalue weighted by molar-refractivity contribution is 5.72. The number of rotatable bonds is 5. The van der Waals surface area contributed by atoms with Crippen molar-refractivity contribution >= 4 is 5.97 Å². The molecule has 1 N–H and O–H groups in total. The maximum absolute atomic E-state index is 11.5. The van der Waals surface area contributed by atoms with Crippen LogP contribution < -0.4 is 0 Å². The van der Waals surface area contributed by atoms with Gasteiger partial charge in [-0.25, -0.2) is 4.79 Å². The lowest BCUT2D eigenvalue weighted by Crippen LogP contribution is -2.25. The van der Waals surface area contributed by atoms with Crippen molar-refractivity contribution in [1.29, 1.82) is 0 Å². The third-order valence-corrected chi connectivity index (χ3v) is 3.48. The van der Waals surface area contributed by atoms with E-state index in [1.165, 1.54) is 0 Å². The Morgan fingerprint density at radius 2 is 2.26 bits per heavy atom. The number of carbonyl (C=O) groups is 1. The lowest BCUT2D eigenvalue weighted by Gasteiger charge is -2.21. The van der Waals surface area contributed by atoms with E-state index in [1.54, 1.807) is 4.57 Å². The SMILES string of the molecule is Cc1nnc(C2CCOC2)n1C(CC(C)C)C(=O)O. The summed E-state index contributed by atoms with van der Waals surface area (Å²) in [4.78, 5) is 11.5. The second kappa shape index (κ2) is 5.69. The number of nitrogens with zero attached hydrogens (tertiary/aromatic N) is 3. The fourth-order valence-electron chi connectivity index (χ4n) is 2.55. The monoisotopic (exact) mass is 267 g/mol. The van der Waals surface area contributed by atoms with Crippen molar-refractivity contribution in [1.82, 2.24) is 14.8 Å². The summed E-state index contributed by atoms with van der Waals surface area (Å²) in [6, 6.07) is -0.592. The Labute approximate surface area is 112 Å². The number of carboxylic acid groups (broad SMARTS) is 1. The van der Waals surface area contributed by atoms with Gasteiger partial charge in [0.05, 0.1) is 6.61 Å². The maximum Gasteiger partial charge on any atom is 0.326 e. The molecule has 106 valence electrons. The van der Waals surface area contributed by atoms with Gasteiger partial charge in [-0.1, -0.05) is 13.8 Å². The molecule has 1 aliphatic heterocycles. The van der Waals surface area contributed by atoms with Gasteiger partial charge in [-0.15, -0.1) is 10.2 Å². The number of carboxylic acids is 1. The molecule has 1 saturated heterocycles. The van der Waals surface area contributed by atoms with Crippen LogP contribution in [0.5, 0.6) is 0 Å². The molecule has 2 unspecified atom stereocenters. The van der Waals surface area contributed by atoms with Crippen molar-refractivity contribution in [3.05, 3.63) is 11.6 Å². The van der Waals surface area contributed by atoms with Crippen LogP contribution in [0.4, 0.5) is 0 Å². The molecule has 1 aromatic heterocycles. The van der Waals surface area contributed by atoms with E-state index in [1.807, 2.05) is 20.8 Å². The van der Waals surface area contributed by atoms with Crippen LogP contribution in [0.1, 0.15) is 50.3 Å². The highest BCUT2D eigenvalue weighted by Gasteiger charge is 2.31. The molecule has 2 rings (SSSR count). The van der Waals surface area contributed by atoms with Gasteiger partial charge in [0.1, 0.15) is 17.7 Å². The van der Waals surface area contributed by atoms with Gasteiger partial charge in [0, 0.05) is 12.5 Å². The molecule has 0 spiro atoms. The molecule has 1 aliphatic rings. The van der Waals surface area contributed by atoms with E-state index in [4.69, 9.17) is 4.74 Å². The Morgan fingerprint density at radius 1 is 1.53 bits per heavy atom. The Hall–Kier alpha value is -1.43. The number of aromatic nitrogens is 3. The summed E-state index contributed by atoms with van der Waals surface area (Å²) in [5.41, 5.74) is 0. The summed E-state index contributed by atoms with van der Waals surface area (Å²) in [6.07, 6.45) is 1.46. The summed E-state index contributed by atoms with van der Waals surface area (Å²) >= 11 is 0. The van der Waals surface area contributed by atoms with E-state index in [-0.39, 0.29) is 5.92 Å². The van der Waals surface area contributed by atoms with E-state index < -0.39 is 12.0 Å². The van der Waals surface area contributed by atoms with Gasteiger partial charge >= 0.3 is 5.97 Å². The molecule has 0 amide bonds. The summed E-state index contributed by atoms with van der Waals surface area (Å²) in [5.74, 6) is 1.06. The number of hydrogen-bond donors (Lipinski definition) is 1. The van der Waals surface area contributed by atoms with Gasteiger partial charge in [0.15, 0.2) is 0 Å². The number of hydrogen-bond acceptors (Lipinski definition) is 4. The molecule has 1 fully saturated rings. The normalized spacial score (nSPS) is 20.9. The third kappa shape index (κ3) is 2.94. The van der Waals surface area contributed by atoms with Crippen molar-refractivity contribution in [2.45, 2.75) is 45.6 Å². The topological polar surface area (TPSA) is 77.2 Å². The zero-order valence-electron chi connectivity index (χ0n) is 11.7. The molecule has 0 radical (unpaired) electrons. The third-order valence-electron chi connectivity index (χ3n) is 3.48. The average Bonchev–Trinajstić information content (AvgIpc) is 2.94. The quantitative estimate of drug-likeness (QED) is 0.879. The summed E-state index contributed by atoms with van der Waals surface area (Å²) in [7, 11) is 0. The lowest BCUT2D eigenvalue weighted by atomic mass is 10.0. The van der Waals surface area contributed by atoms with Crippen molar-refractivity contribution in [3.8, 4) is 0 Å². The molecule has 0 saturated carbocycles. The number of ether oxygens (including phenoxy) is 1. The molecular weight excluding hydrogens is 246 g/mol. The average molecular weight is 267 g/mol. The van der Waals surface area contributed by atoms with Crippen LogP contribution in [0.25, 0.3) is 0 Å². The first kappa shape index (κ1) is 14.0.